The average molecular weight is 290 g/mol. The van der Waals surface area contributed by atoms with Crippen LogP contribution in [0.1, 0.15) is 12.5 Å². The molecule has 0 aliphatic rings. The van der Waals surface area contributed by atoms with Gasteiger partial charge in [0.05, 0.1) is 21.3 Å². The second kappa shape index (κ2) is 6.92. The molecule has 2 aromatic rings. The van der Waals surface area contributed by atoms with Crippen LogP contribution in [0.25, 0.3) is 0 Å². The predicted octanol–water partition coefficient (Wildman–Crippen LogP) is 3.15. The van der Waals surface area contributed by atoms with E-state index in [-0.39, 0.29) is 0 Å². The maximum atomic E-state index is 5.34. The largest absolute Gasteiger partial charge is 0.493 e. The molecule has 1 heterocycles. The third-order valence-corrected chi connectivity index (χ3v) is 3.34. The molecule has 114 valence electrons. The Balaban J connectivity index is 2.15. The molecule has 0 fully saturated rings. The Morgan fingerprint density at radius 1 is 1.05 bits per heavy atom. The molecule has 0 aliphatic heterocycles. The standard InChI is InChI=1S/C16H22N2O3/c1-5-18-7-6-12(11-18)10-17-13-8-14(19-2)16(21-4)15(9-13)20-3/h6-9,11,17H,5,10H2,1-4H3. The minimum absolute atomic E-state index is 0.600. The monoisotopic (exact) mass is 290 g/mol. The van der Waals surface area contributed by atoms with Crippen LogP contribution in [0.3, 0.4) is 0 Å². The van der Waals surface area contributed by atoms with Crippen LogP contribution in [-0.2, 0) is 13.1 Å². The molecule has 0 spiro atoms. The van der Waals surface area contributed by atoms with Gasteiger partial charge in [-0.2, -0.15) is 0 Å². The fourth-order valence-electron chi connectivity index (χ4n) is 2.18. The minimum Gasteiger partial charge on any atom is -0.493 e. The number of aromatic nitrogens is 1. The summed E-state index contributed by atoms with van der Waals surface area (Å²) in [6.45, 7) is 3.84. The van der Waals surface area contributed by atoms with E-state index in [9.17, 15) is 0 Å². The summed E-state index contributed by atoms with van der Waals surface area (Å²) < 4.78 is 18.1. The summed E-state index contributed by atoms with van der Waals surface area (Å²) in [4.78, 5) is 0. The highest BCUT2D eigenvalue weighted by molar-refractivity contribution is 5.62. The number of aryl methyl sites for hydroxylation is 1. The normalized spacial score (nSPS) is 10.3. The Morgan fingerprint density at radius 2 is 1.71 bits per heavy atom. The lowest BCUT2D eigenvalue weighted by atomic mass is 10.2. The number of rotatable bonds is 7. The molecule has 5 nitrogen and oxygen atoms in total. The number of hydrogen-bond acceptors (Lipinski definition) is 4. The summed E-state index contributed by atoms with van der Waals surface area (Å²) in [6.07, 6.45) is 4.21. The van der Waals surface area contributed by atoms with E-state index in [0.717, 1.165) is 18.8 Å². The Bertz CT molecular complexity index is 568. The number of nitrogens with zero attached hydrogens (tertiary/aromatic N) is 1. The van der Waals surface area contributed by atoms with Gasteiger partial charge in [-0.15, -0.1) is 0 Å². The molecule has 1 aromatic carbocycles. The van der Waals surface area contributed by atoms with Crippen molar-refractivity contribution in [3.63, 3.8) is 0 Å². The van der Waals surface area contributed by atoms with Gasteiger partial charge in [-0.05, 0) is 18.6 Å². The second-order valence-corrected chi connectivity index (χ2v) is 4.62. The molecular formula is C16H22N2O3. The van der Waals surface area contributed by atoms with Gasteiger partial charge in [0.25, 0.3) is 0 Å². The number of methoxy groups -OCH3 is 3. The zero-order valence-electron chi connectivity index (χ0n) is 13.0. The van der Waals surface area contributed by atoms with Gasteiger partial charge in [0.15, 0.2) is 11.5 Å². The van der Waals surface area contributed by atoms with Crippen LogP contribution >= 0.6 is 0 Å². The fraction of sp³-hybridized carbons (Fsp3) is 0.375. The first-order valence-corrected chi connectivity index (χ1v) is 6.90. The number of nitrogens with one attached hydrogen (secondary N) is 1. The highest BCUT2D eigenvalue weighted by Crippen LogP contribution is 2.39. The first-order valence-electron chi connectivity index (χ1n) is 6.90. The molecule has 0 bridgehead atoms. The third kappa shape index (κ3) is 3.42. The average Bonchev–Trinajstić information content (AvgIpc) is 2.99. The van der Waals surface area contributed by atoms with Gasteiger partial charge in [-0.3, -0.25) is 0 Å². The molecule has 1 aromatic heterocycles. The Labute approximate surface area is 125 Å². The highest BCUT2D eigenvalue weighted by Gasteiger charge is 2.13. The summed E-state index contributed by atoms with van der Waals surface area (Å²) in [5, 5.41) is 3.37. The summed E-state index contributed by atoms with van der Waals surface area (Å²) >= 11 is 0. The van der Waals surface area contributed by atoms with Crippen molar-refractivity contribution in [3.05, 3.63) is 36.2 Å². The topological polar surface area (TPSA) is 44.7 Å². The van der Waals surface area contributed by atoms with Crippen molar-refractivity contribution >= 4 is 5.69 Å². The van der Waals surface area contributed by atoms with Gasteiger partial charge >= 0.3 is 0 Å². The van der Waals surface area contributed by atoms with Crippen molar-refractivity contribution in [2.45, 2.75) is 20.0 Å². The number of ether oxygens (including phenoxy) is 3. The van der Waals surface area contributed by atoms with Gasteiger partial charge in [-0.25, -0.2) is 0 Å². The molecule has 0 unspecified atom stereocenters. The van der Waals surface area contributed by atoms with Gasteiger partial charge in [-0.1, -0.05) is 0 Å². The van der Waals surface area contributed by atoms with Crippen LogP contribution < -0.4 is 19.5 Å². The summed E-state index contributed by atoms with van der Waals surface area (Å²) in [5.41, 5.74) is 2.15. The zero-order valence-corrected chi connectivity index (χ0v) is 13.0. The summed E-state index contributed by atoms with van der Waals surface area (Å²) in [6, 6.07) is 5.91. The number of anilines is 1. The van der Waals surface area contributed by atoms with Crippen molar-refractivity contribution in [3.8, 4) is 17.2 Å². The van der Waals surface area contributed by atoms with E-state index in [1.165, 1.54) is 5.56 Å². The molecular weight excluding hydrogens is 268 g/mol. The Hall–Kier alpha value is -2.30. The molecule has 0 amide bonds. The maximum Gasteiger partial charge on any atom is 0.203 e. The number of hydrogen-bond donors (Lipinski definition) is 1. The molecule has 21 heavy (non-hydrogen) atoms. The molecule has 0 saturated carbocycles. The number of benzene rings is 1. The molecule has 0 saturated heterocycles. The summed E-state index contributed by atoms with van der Waals surface area (Å²) in [5.74, 6) is 1.89. The van der Waals surface area contributed by atoms with Crippen LogP contribution in [0.4, 0.5) is 5.69 Å². The van der Waals surface area contributed by atoms with Crippen molar-refractivity contribution in [2.75, 3.05) is 26.6 Å². The lowest BCUT2D eigenvalue weighted by Crippen LogP contribution is -2.01. The Kier molecular flexibility index (Phi) is 4.98. The van der Waals surface area contributed by atoms with E-state index < -0.39 is 0 Å². The highest BCUT2D eigenvalue weighted by atomic mass is 16.5. The smallest absolute Gasteiger partial charge is 0.203 e. The first kappa shape index (κ1) is 15.1. The van der Waals surface area contributed by atoms with E-state index in [0.29, 0.717) is 17.2 Å². The van der Waals surface area contributed by atoms with Crippen LogP contribution in [0.15, 0.2) is 30.6 Å². The minimum atomic E-state index is 0.600. The van der Waals surface area contributed by atoms with Crippen molar-refractivity contribution < 1.29 is 14.2 Å². The van der Waals surface area contributed by atoms with Gasteiger partial charge in [0, 0.05) is 43.3 Å². The lowest BCUT2D eigenvalue weighted by molar-refractivity contribution is 0.324. The van der Waals surface area contributed by atoms with E-state index >= 15 is 0 Å². The van der Waals surface area contributed by atoms with Crippen LogP contribution in [-0.4, -0.2) is 25.9 Å². The maximum absolute atomic E-state index is 5.34. The molecule has 0 atom stereocenters. The molecule has 0 radical (unpaired) electrons. The third-order valence-electron chi connectivity index (χ3n) is 3.34. The van der Waals surface area contributed by atoms with Crippen molar-refractivity contribution in [2.24, 2.45) is 0 Å². The fourth-order valence-corrected chi connectivity index (χ4v) is 2.18. The Morgan fingerprint density at radius 3 is 2.19 bits per heavy atom. The van der Waals surface area contributed by atoms with Crippen molar-refractivity contribution in [1.82, 2.24) is 4.57 Å². The van der Waals surface area contributed by atoms with E-state index in [1.54, 1.807) is 21.3 Å². The van der Waals surface area contributed by atoms with E-state index in [1.807, 2.05) is 12.1 Å². The van der Waals surface area contributed by atoms with Gasteiger partial charge < -0.3 is 24.1 Å². The van der Waals surface area contributed by atoms with Crippen LogP contribution in [0.5, 0.6) is 17.2 Å². The zero-order chi connectivity index (χ0) is 15.2. The van der Waals surface area contributed by atoms with E-state index in [4.69, 9.17) is 14.2 Å². The van der Waals surface area contributed by atoms with E-state index in [2.05, 4.69) is 35.3 Å². The second-order valence-electron chi connectivity index (χ2n) is 4.62. The van der Waals surface area contributed by atoms with Gasteiger partial charge in [0.1, 0.15) is 0 Å². The van der Waals surface area contributed by atoms with Gasteiger partial charge in [0.2, 0.25) is 5.75 Å². The first-order chi connectivity index (χ1) is 10.2. The molecule has 5 heteroatoms. The van der Waals surface area contributed by atoms with Crippen LogP contribution in [0, 0.1) is 0 Å². The lowest BCUT2D eigenvalue weighted by Gasteiger charge is -2.14. The molecule has 0 aliphatic carbocycles. The molecule has 2 rings (SSSR count). The SMILES string of the molecule is CCn1ccc(CNc2cc(OC)c(OC)c(OC)c2)c1. The summed E-state index contributed by atoms with van der Waals surface area (Å²) in [7, 11) is 4.83. The van der Waals surface area contributed by atoms with Crippen molar-refractivity contribution in [1.29, 1.82) is 0 Å². The molecule has 1 N–H and O–H groups in total. The quantitative estimate of drug-likeness (QED) is 0.851. The van der Waals surface area contributed by atoms with Crippen LogP contribution in [0.2, 0.25) is 0 Å². The predicted molar refractivity (Wildman–Crippen MR) is 83.5 cm³/mol.